The van der Waals surface area contributed by atoms with Gasteiger partial charge < -0.3 is 10.4 Å². The van der Waals surface area contributed by atoms with Crippen molar-refractivity contribution in [2.45, 2.75) is 45.1 Å². The molecular weight excluding hydrogens is 290 g/mol. The van der Waals surface area contributed by atoms with E-state index in [1.54, 1.807) is 18.2 Å². The molecule has 2 rings (SSSR count). The van der Waals surface area contributed by atoms with Gasteiger partial charge in [-0.05, 0) is 49.4 Å². The van der Waals surface area contributed by atoms with Gasteiger partial charge in [0.25, 0.3) is 5.91 Å². The number of rotatable bonds is 4. The summed E-state index contributed by atoms with van der Waals surface area (Å²) in [6.45, 7) is 1.81. The summed E-state index contributed by atoms with van der Waals surface area (Å²) in [6, 6.07) is 4.14. The smallest absolute Gasteiger partial charge is 0.326 e. The van der Waals surface area contributed by atoms with Gasteiger partial charge in [-0.3, -0.25) is 4.79 Å². The van der Waals surface area contributed by atoms with E-state index in [1.807, 2.05) is 6.92 Å². The first-order valence-electron chi connectivity index (χ1n) is 7.29. The molecule has 1 aromatic carbocycles. The first kappa shape index (κ1) is 15.8. The third-order valence-electron chi connectivity index (χ3n) is 4.09. The van der Waals surface area contributed by atoms with Crippen LogP contribution in [0.1, 0.15) is 48.0 Å². The van der Waals surface area contributed by atoms with Crippen molar-refractivity contribution in [1.29, 1.82) is 0 Å². The van der Waals surface area contributed by atoms with Crippen LogP contribution in [0.5, 0.6) is 0 Å². The van der Waals surface area contributed by atoms with Crippen LogP contribution in [0, 0.1) is 12.8 Å². The molecule has 0 bridgehead atoms. The average Bonchev–Trinajstić information content (AvgIpc) is 2.48. The number of carbonyl (C=O) groups excluding carboxylic acids is 1. The van der Waals surface area contributed by atoms with Crippen molar-refractivity contribution < 1.29 is 14.7 Å². The number of carbonyl (C=O) groups is 2. The molecule has 0 heterocycles. The quantitative estimate of drug-likeness (QED) is 0.895. The number of hydrogen-bond donors (Lipinski definition) is 2. The zero-order valence-corrected chi connectivity index (χ0v) is 12.8. The van der Waals surface area contributed by atoms with Gasteiger partial charge in [0.2, 0.25) is 0 Å². The molecule has 0 aliphatic heterocycles. The maximum atomic E-state index is 12.2. The van der Waals surface area contributed by atoms with E-state index in [1.165, 1.54) is 0 Å². The third-order valence-corrected chi connectivity index (χ3v) is 4.52. The SMILES string of the molecule is Cc1cc(C(=O)NC(C(=O)O)C2CCCCC2)ccc1Cl. The second-order valence-electron chi connectivity index (χ2n) is 5.65. The Balaban J connectivity index is 2.10. The Hall–Kier alpha value is -1.55. The van der Waals surface area contributed by atoms with Crippen molar-refractivity contribution in [3.8, 4) is 0 Å². The van der Waals surface area contributed by atoms with Crippen molar-refractivity contribution in [2.24, 2.45) is 5.92 Å². The van der Waals surface area contributed by atoms with Gasteiger partial charge in [-0.15, -0.1) is 0 Å². The minimum absolute atomic E-state index is 0.0218. The number of halogens is 1. The third kappa shape index (κ3) is 3.97. The number of benzene rings is 1. The summed E-state index contributed by atoms with van der Waals surface area (Å²) in [4.78, 5) is 23.7. The van der Waals surface area contributed by atoms with Crippen LogP contribution in [-0.4, -0.2) is 23.0 Å². The first-order valence-corrected chi connectivity index (χ1v) is 7.66. The summed E-state index contributed by atoms with van der Waals surface area (Å²) < 4.78 is 0. The topological polar surface area (TPSA) is 66.4 Å². The van der Waals surface area contributed by atoms with Crippen LogP contribution in [0.4, 0.5) is 0 Å². The fraction of sp³-hybridized carbons (Fsp3) is 0.500. The van der Waals surface area contributed by atoms with E-state index in [2.05, 4.69) is 5.32 Å². The van der Waals surface area contributed by atoms with Crippen molar-refractivity contribution in [3.05, 3.63) is 34.3 Å². The fourth-order valence-corrected chi connectivity index (χ4v) is 2.98. The van der Waals surface area contributed by atoms with E-state index < -0.39 is 12.0 Å². The molecule has 1 aliphatic rings. The fourth-order valence-electron chi connectivity index (χ4n) is 2.86. The van der Waals surface area contributed by atoms with Crippen molar-refractivity contribution in [3.63, 3.8) is 0 Å². The number of nitrogens with one attached hydrogen (secondary N) is 1. The largest absolute Gasteiger partial charge is 0.480 e. The Morgan fingerprint density at radius 1 is 1.29 bits per heavy atom. The Labute approximate surface area is 129 Å². The molecule has 1 aromatic rings. The van der Waals surface area contributed by atoms with Gasteiger partial charge in [0.1, 0.15) is 6.04 Å². The number of carboxylic acids is 1. The lowest BCUT2D eigenvalue weighted by molar-refractivity contribution is -0.141. The molecule has 114 valence electrons. The van der Waals surface area contributed by atoms with Gasteiger partial charge in [-0.2, -0.15) is 0 Å². The van der Waals surface area contributed by atoms with Crippen molar-refractivity contribution >= 4 is 23.5 Å². The van der Waals surface area contributed by atoms with Gasteiger partial charge in [-0.1, -0.05) is 30.9 Å². The monoisotopic (exact) mass is 309 g/mol. The maximum absolute atomic E-state index is 12.2. The summed E-state index contributed by atoms with van der Waals surface area (Å²) in [5, 5.41) is 12.6. The second-order valence-corrected chi connectivity index (χ2v) is 6.06. The molecule has 1 aliphatic carbocycles. The predicted octanol–water partition coefficient (Wildman–Crippen LogP) is 3.41. The molecule has 21 heavy (non-hydrogen) atoms. The lowest BCUT2D eigenvalue weighted by Crippen LogP contribution is -2.46. The van der Waals surface area contributed by atoms with E-state index >= 15 is 0 Å². The standard InChI is InChI=1S/C16H20ClNO3/c1-10-9-12(7-8-13(10)17)15(19)18-14(16(20)21)11-5-3-2-4-6-11/h7-9,11,14H,2-6H2,1H3,(H,18,19)(H,20,21). The molecule has 1 amide bonds. The van der Waals surface area contributed by atoms with E-state index in [9.17, 15) is 14.7 Å². The highest BCUT2D eigenvalue weighted by Gasteiger charge is 2.30. The van der Waals surface area contributed by atoms with Gasteiger partial charge in [-0.25, -0.2) is 4.79 Å². The highest BCUT2D eigenvalue weighted by atomic mass is 35.5. The Morgan fingerprint density at radius 3 is 2.52 bits per heavy atom. The molecule has 4 nitrogen and oxygen atoms in total. The Kier molecular flexibility index (Phi) is 5.23. The normalized spacial score (nSPS) is 17.2. The highest BCUT2D eigenvalue weighted by molar-refractivity contribution is 6.31. The number of hydrogen-bond acceptors (Lipinski definition) is 2. The lowest BCUT2D eigenvalue weighted by Gasteiger charge is -2.28. The van der Waals surface area contributed by atoms with Crippen LogP contribution in [0.15, 0.2) is 18.2 Å². The molecular formula is C16H20ClNO3. The van der Waals surface area contributed by atoms with E-state index in [0.29, 0.717) is 10.6 Å². The molecule has 0 aromatic heterocycles. The Bertz CT molecular complexity index is 538. The van der Waals surface area contributed by atoms with Gasteiger partial charge in [0, 0.05) is 10.6 Å². The summed E-state index contributed by atoms with van der Waals surface area (Å²) in [5.41, 5.74) is 1.24. The predicted molar refractivity (Wildman–Crippen MR) is 81.7 cm³/mol. The average molecular weight is 310 g/mol. The van der Waals surface area contributed by atoms with E-state index in [4.69, 9.17) is 11.6 Å². The van der Waals surface area contributed by atoms with E-state index in [0.717, 1.165) is 37.7 Å². The molecule has 2 N–H and O–H groups in total. The molecule has 1 unspecified atom stereocenters. The zero-order valence-electron chi connectivity index (χ0n) is 12.1. The Morgan fingerprint density at radius 2 is 1.95 bits per heavy atom. The number of amides is 1. The van der Waals surface area contributed by atoms with E-state index in [-0.39, 0.29) is 11.8 Å². The van der Waals surface area contributed by atoms with Crippen molar-refractivity contribution in [1.82, 2.24) is 5.32 Å². The minimum atomic E-state index is -0.957. The highest BCUT2D eigenvalue weighted by Crippen LogP contribution is 2.27. The van der Waals surface area contributed by atoms with Crippen LogP contribution in [0.25, 0.3) is 0 Å². The molecule has 1 saturated carbocycles. The first-order chi connectivity index (χ1) is 9.99. The lowest BCUT2D eigenvalue weighted by atomic mass is 9.84. The van der Waals surface area contributed by atoms with Crippen LogP contribution >= 0.6 is 11.6 Å². The zero-order chi connectivity index (χ0) is 15.4. The van der Waals surface area contributed by atoms with Crippen LogP contribution in [0.3, 0.4) is 0 Å². The maximum Gasteiger partial charge on any atom is 0.326 e. The van der Waals surface area contributed by atoms with Crippen LogP contribution in [0.2, 0.25) is 5.02 Å². The number of aryl methyl sites for hydroxylation is 1. The molecule has 1 fully saturated rings. The molecule has 0 radical (unpaired) electrons. The molecule has 5 heteroatoms. The van der Waals surface area contributed by atoms with Gasteiger partial charge in [0.05, 0.1) is 0 Å². The van der Waals surface area contributed by atoms with Crippen molar-refractivity contribution in [2.75, 3.05) is 0 Å². The summed E-state index contributed by atoms with van der Waals surface area (Å²) >= 11 is 5.94. The second kappa shape index (κ2) is 6.94. The summed E-state index contributed by atoms with van der Waals surface area (Å²) in [6.07, 6.45) is 4.93. The van der Waals surface area contributed by atoms with Crippen LogP contribution in [-0.2, 0) is 4.79 Å². The molecule has 0 spiro atoms. The number of carboxylic acid groups (broad SMARTS) is 1. The summed E-state index contributed by atoms with van der Waals surface area (Å²) in [5.74, 6) is -1.29. The number of aliphatic carboxylic acids is 1. The molecule has 0 saturated heterocycles. The minimum Gasteiger partial charge on any atom is -0.480 e. The summed E-state index contributed by atoms with van der Waals surface area (Å²) in [7, 11) is 0. The van der Waals surface area contributed by atoms with Crippen LogP contribution < -0.4 is 5.32 Å². The molecule has 1 atom stereocenters. The van der Waals surface area contributed by atoms with Gasteiger partial charge >= 0.3 is 5.97 Å². The van der Waals surface area contributed by atoms with Gasteiger partial charge in [0.15, 0.2) is 0 Å².